The highest BCUT2D eigenvalue weighted by atomic mass is 16.6. The van der Waals surface area contributed by atoms with Gasteiger partial charge in [0.05, 0.1) is 120 Å². The van der Waals surface area contributed by atoms with Gasteiger partial charge in [-0.3, -0.25) is 29.7 Å². The first-order chi connectivity index (χ1) is 42.5. The Hall–Kier alpha value is -8.97. The van der Waals surface area contributed by atoms with Gasteiger partial charge < -0.3 is 75.1 Å². The number of esters is 1. The number of hydrogen-bond donors (Lipinski definition) is 7. The average Bonchev–Trinajstić information content (AvgIpc) is 1.73. The lowest BCUT2D eigenvalue weighted by molar-refractivity contribution is -0.157. The van der Waals surface area contributed by atoms with Gasteiger partial charge in [0.1, 0.15) is 23.1 Å². The van der Waals surface area contributed by atoms with Crippen molar-refractivity contribution in [2.45, 2.75) is 51.8 Å². The highest BCUT2D eigenvalue weighted by Gasteiger charge is 2.36. The van der Waals surface area contributed by atoms with Gasteiger partial charge in [-0.25, -0.2) is 24.6 Å². The van der Waals surface area contributed by atoms with Gasteiger partial charge in [-0.2, -0.15) is 15.1 Å². The molecule has 2 aliphatic rings. The molecule has 8 rings (SSSR count). The van der Waals surface area contributed by atoms with Crippen LogP contribution < -0.4 is 47.4 Å². The lowest BCUT2D eigenvalue weighted by Gasteiger charge is -2.30. The molecule has 88 heavy (non-hydrogen) atoms. The summed E-state index contributed by atoms with van der Waals surface area (Å²) in [7, 11) is 1.86. The number of carbonyl (C=O) groups is 6. The van der Waals surface area contributed by atoms with E-state index in [1.165, 1.54) is 4.90 Å². The Balaban J connectivity index is 0.615. The van der Waals surface area contributed by atoms with Crippen LogP contribution in [0.15, 0.2) is 72.9 Å². The standard InChI is InChI=1S/C59H75N15O14/c1-59(2,3)88-56(79)45(74(37-75)41-12-10-40(11-13-41)72(4)35-39-34-64-55-52(65-39)54(60)67-57(61)68-55)16-17-46(76)62-18-22-81-26-28-84-30-32-86-33-31-85-29-27-82-23-19-63-47(77)36-87-42-14-8-38(9-15-42)50-49-51(70-69-50)43-6-5-7-44(48(43)53(49)78)66-58(80)71-73-20-24-83-25-21-73/h5-15,34,37,45H,16-33,35-36H2,1-4H3,(H,62,76)(H,63,77)(H,69,70)(H2,66,71,80)(H4,60,61,64,67,68)/t45-/m0/s1. The smallest absolute Gasteiger partial charge is 0.333 e. The van der Waals surface area contributed by atoms with Crippen LogP contribution in [0, 0.1) is 0 Å². The molecule has 5 amide bonds. The lowest BCUT2D eigenvalue weighted by Crippen LogP contribution is -2.49. The van der Waals surface area contributed by atoms with E-state index in [-0.39, 0.29) is 80.8 Å². The SMILES string of the molecule is CN(Cc1cnc2nc(N)nc(N)c2n1)c1ccc(N(C=O)[C@@H](CCC(=O)NCCOCCOCCOCCOCCOCCNC(=O)COc2ccc(-c3n[nH]c4c3C(=O)c3c(NC(=O)NN5CCOCC5)cccc3-4)cc2)C(=O)OC(C)(C)C)cc1. The number of amides is 5. The Morgan fingerprint density at radius 2 is 1.41 bits per heavy atom. The number of anilines is 5. The Kier molecular flexibility index (Phi) is 23.7. The number of hydrogen-bond acceptors (Lipinski definition) is 23. The summed E-state index contributed by atoms with van der Waals surface area (Å²) in [6.45, 7) is 11.2. The Morgan fingerprint density at radius 3 is 2.05 bits per heavy atom. The summed E-state index contributed by atoms with van der Waals surface area (Å²) in [6.07, 6.45) is 2.07. The number of hydrazine groups is 1. The Morgan fingerprint density at radius 1 is 0.784 bits per heavy atom. The van der Waals surface area contributed by atoms with E-state index in [2.05, 4.69) is 51.5 Å². The highest BCUT2D eigenvalue weighted by molar-refractivity contribution is 6.27. The number of nitrogens with two attached hydrogens (primary N) is 2. The van der Waals surface area contributed by atoms with Gasteiger partial charge in [-0.05, 0) is 81.8 Å². The van der Waals surface area contributed by atoms with E-state index < -0.39 is 23.6 Å². The molecule has 1 aliphatic carbocycles. The summed E-state index contributed by atoms with van der Waals surface area (Å²) in [5.74, 6) is -0.973. The zero-order valence-electron chi connectivity index (χ0n) is 49.7. The third-order valence-electron chi connectivity index (χ3n) is 13.5. The molecule has 0 saturated carbocycles. The molecule has 0 bridgehead atoms. The molecule has 6 aromatic rings. The minimum absolute atomic E-state index is 0.00384. The molecule has 0 unspecified atom stereocenters. The van der Waals surface area contributed by atoms with Crippen molar-refractivity contribution in [2.75, 3.05) is 146 Å². The molecule has 470 valence electrons. The molecule has 1 saturated heterocycles. The Labute approximate surface area is 507 Å². The summed E-state index contributed by atoms with van der Waals surface area (Å²) in [5, 5.41) is 17.5. The average molecular weight is 1220 g/mol. The van der Waals surface area contributed by atoms with Crippen LogP contribution in [-0.2, 0) is 58.9 Å². The first-order valence-corrected chi connectivity index (χ1v) is 28.7. The monoisotopic (exact) mass is 1220 g/mol. The topological polar surface area (TPSA) is 366 Å². The highest BCUT2D eigenvalue weighted by Crippen LogP contribution is 2.43. The summed E-state index contributed by atoms with van der Waals surface area (Å²) in [5.41, 5.74) is 19.6. The number of ether oxygens (including phenoxy) is 8. The van der Waals surface area contributed by atoms with Crippen LogP contribution in [0.25, 0.3) is 33.7 Å². The van der Waals surface area contributed by atoms with Crippen LogP contribution in [0.2, 0.25) is 0 Å². The van der Waals surface area contributed by atoms with E-state index in [1.807, 2.05) is 11.9 Å². The van der Waals surface area contributed by atoms with E-state index in [0.717, 1.165) is 5.69 Å². The summed E-state index contributed by atoms with van der Waals surface area (Å²) in [6, 6.07) is 17.6. The van der Waals surface area contributed by atoms with Crippen molar-refractivity contribution in [3.05, 3.63) is 89.7 Å². The fourth-order valence-corrected chi connectivity index (χ4v) is 9.27. The van der Waals surface area contributed by atoms with Gasteiger partial charge >= 0.3 is 12.0 Å². The van der Waals surface area contributed by atoms with Crippen LogP contribution in [0.1, 0.15) is 55.2 Å². The van der Waals surface area contributed by atoms with Crippen LogP contribution >= 0.6 is 0 Å². The molecule has 1 atom stereocenters. The molecular formula is C59H75N15O14. The number of nitrogen functional groups attached to an aromatic ring is 2. The molecule has 4 heterocycles. The number of nitrogens with one attached hydrogen (secondary N) is 5. The second-order valence-electron chi connectivity index (χ2n) is 21.1. The minimum atomic E-state index is -1.08. The normalized spacial score (nSPS) is 13.3. The maximum atomic E-state index is 13.8. The van der Waals surface area contributed by atoms with Gasteiger partial charge in [-0.1, -0.05) is 12.1 Å². The molecular weight excluding hydrogens is 1140 g/mol. The van der Waals surface area contributed by atoms with Gasteiger partial charge in [0.25, 0.3) is 5.91 Å². The summed E-state index contributed by atoms with van der Waals surface area (Å²) >= 11 is 0. The number of H-pyrrole nitrogens is 1. The third-order valence-corrected chi connectivity index (χ3v) is 13.5. The molecule has 0 spiro atoms. The number of aromatic amines is 1. The summed E-state index contributed by atoms with van der Waals surface area (Å²) in [4.78, 5) is 98.0. The molecule has 1 fully saturated rings. The van der Waals surface area contributed by atoms with Crippen molar-refractivity contribution in [2.24, 2.45) is 0 Å². The van der Waals surface area contributed by atoms with Gasteiger partial charge in [0.2, 0.25) is 18.3 Å². The predicted octanol–water partition coefficient (Wildman–Crippen LogP) is 3.04. The fraction of sp³-hybridized carbons (Fsp3) is 0.441. The number of ketones is 1. The number of urea groups is 1. The molecule has 3 aromatic carbocycles. The van der Waals surface area contributed by atoms with E-state index >= 15 is 0 Å². The second-order valence-corrected chi connectivity index (χ2v) is 21.1. The summed E-state index contributed by atoms with van der Waals surface area (Å²) < 4.78 is 44.5. The predicted molar refractivity (Wildman–Crippen MR) is 323 cm³/mol. The largest absolute Gasteiger partial charge is 0.484 e. The number of rotatable bonds is 34. The van der Waals surface area contributed by atoms with Crippen molar-refractivity contribution in [3.63, 3.8) is 0 Å². The molecule has 9 N–H and O–H groups in total. The van der Waals surface area contributed by atoms with E-state index in [9.17, 15) is 28.8 Å². The Bertz CT molecular complexity index is 3320. The molecule has 29 nitrogen and oxygen atoms in total. The van der Waals surface area contributed by atoms with E-state index in [0.29, 0.717) is 154 Å². The molecule has 3 aromatic heterocycles. The molecule has 29 heteroatoms. The number of fused-ring (bicyclic) bond motifs is 4. The van der Waals surface area contributed by atoms with Crippen molar-refractivity contribution in [1.82, 2.24) is 51.2 Å². The van der Waals surface area contributed by atoms with Crippen molar-refractivity contribution in [1.29, 1.82) is 0 Å². The van der Waals surface area contributed by atoms with Gasteiger partial charge in [0.15, 0.2) is 29.4 Å². The number of morpholine rings is 1. The zero-order valence-corrected chi connectivity index (χ0v) is 49.7. The minimum Gasteiger partial charge on any atom is -0.484 e. The first-order valence-electron chi connectivity index (χ1n) is 28.7. The van der Waals surface area contributed by atoms with E-state index in [1.54, 1.807) is 98.7 Å². The van der Waals surface area contributed by atoms with Crippen molar-refractivity contribution < 1.29 is 66.7 Å². The first kappa shape index (κ1) is 65.0. The van der Waals surface area contributed by atoms with Crippen molar-refractivity contribution in [3.8, 4) is 28.3 Å². The zero-order chi connectivity index (χ0) is 62.4. The maximum absolute atomic E-state index is 13.8. The fourth-order valence-electron chi connectivity index (χ4n) is 9.27. The van der Waals surface area contributed by atoms with Crippen LogP contribution in [0.3, 0.4) is 0 Å². The third kappa shape index (κ3) is 18.8. The quantitative estimate of drug-likeness (QED) is 0.0173. The van der Waals surface area contributed by atoms with Crippen LogP contribution in [0.4, 0.5) is 33.6 Å². The van der Waals surface area contributed by atoms with Gasteiger partial charge in [0, 0.05) is 62.1 Å². The second kappa shape index (κ2) is 32.1. The number of nitrogens with zero attached hydrogens (tertiary/aromatic N) is 8. The molecule has 0 radical (unpaired) electrons. The van der Waals surface area contributed by atoms with Crippen LogP contribution in [-0.4, -0.2) is 202 Å². The van der Waals surface area contributed by atoms with Crippen molar-refractivity contribution >= 4 is 76.0 Å². The number of carbonyl (C=O) groups excluding carboxylic acids is 6. The maximum Gasteiger partial charge on any atom is 0.333 e. The number of aromatic nitrogens is 6. The van der Waals surface area contributed by atoms with E-state index in [4.69, 9.17) is 49.4 Å². The number of benzene rings is 3. The lowest BCUT2D eigenvalue weighted by atomic mass is 10.0. The van der Waals surface area contributed by atoms with Gasteiger partial charge in [-0.15, -0.1) is 0 Å². The van der Waals surface area contributed by atoms with Crippen LogP contribution in [0.5, 0.6) is 5.75 Å². The molecule has 1 aliphatic heterocycles.